The van der Waals surface area contributed by atoms with Gasteiger partial charge in [0.05, 0.1) is 18.5 Å². The number of carbonyl (C=O) groups excluding carboxylic acids is 1. The standard InChI is InChI=1S/C17H16F2N2O2/c1-23-11-7-12(18)17(13(19)8-11)10-6-16(22)21(9-10)15-5-3-2-4-14(15)20/h2-5,7-8,10H,6,9,20H2,1H3. The fraction of sp³-hybridized carbons (Fsp3) is 0.235. The van der Waals surface area contributed by atoms with E-state index < -0.39 is 17.6 Å². The Morgan fingerprint density at radius 1 is 1.22 bits per heavy atom. The van der Waals surface area contributed by atoms with Gasteiger partial charge in [0.1, 0.15) is 17.4 Å². The van der Waals surface area contributed by atoms with Crippen LogP contribution in [0.1, 0.15) is 17.9 Å². The fourth-order valence-electron chi connectivity index (χ4n) is 2.94. The SMILES string of the molecule is COc1cc(F)c(C2CC(=O)N(c3ccccc3N)C2)c(F)c1. The number of nitrogens with two attached hydrogens (primary N) is 1. The van der Waals surface area contributed by atoms with Crippen LogP contribution < -0.4 is 15.4 Å². The third-order valence-electron chi connectivity index (χ3n) is 4.05. The third-order valence-corrected chi connectivity index (χ3v) is 4.05. The van der Waals surface area contributed by atoms with E-state index >= 15 is 0 Å². The monoisotopic (exact) mass is 318 g/mol. The summed E-state index contributed by atoms with van der Waals surface area (Å²) >= 11 is 0. The average Bonchev–Trinajstić information content (AvgIpc) is 2.88. The highest BCUT2D eigenvalue weighted by Crippen LogP contribution is 2.37. The van der Waals surface area contributed by atoms with E-state index in [9.17, 15) is 13.6 Å². The number of carbonyl (C=O) groups is 1. The molecule has 2 aromatic carbocycles. The van der Waals surface area contributed by atoms with E-state index in [1.54, 1.807) is 24.3 Å². The molecule has 1 aliphatic rings. The molecular formula is C17H16F2N2O2. The number of ether oxygens (including phenoxy) is 1. The van der Waals surface area contributed by atoms with Crippen LogP contribution in [-0.2, 0) is 4.79 Å². The lowest BCUT2D eigenvalue weighted by Gasteiger charge is -2.19. The predicted octanol–water partition coefficient (Wildman–Crippen LogP) is 3.08. The molecule has 4 nitrogen and oxygen atoms in total. The number of para-hydroxylation sites is 2. The van der Waals surface area contributed by atoms with Crippen LogP contribution in [0.2, 0.25) is 0 Å². The number of benzene rings is 2. The van der Waals surface area contributed by atoms with Gasteiger partial charge in [-0.05, 0) is 12.1 Å². The zero-order valence-electron chi connectivity index (χ0n) is 12.6. The van der Waals surface area contributed by atoms with Crippen molar-refractivity contribution in [1.29, 1.82) is 0 Å². The van der Waals surface area contributed by atoms with Crippen LogP contribution in [-0.4, -0.2) is 19.6 Å². The average molecular weight is 318 g/mol. The van der Waals surface area contributed by atoms with Gasteiger partial charge in [-0.1, -0.05) is 12.1 Å². The smallest absolute Gasteiger partial charge is 0.227 e. The van der Waals surface area contributed by atoms with E-state index in [0.717, 1.165) is 12.1 Å². The van der Waals surface area contributed by atoms with Gasteiger partial charge in [0.2, 0.25) is 5.91 Å². The van der Waals surface area contributed by atoms with Crippen LogP contribution in [0.25, 0.3) is 0 Å². The first-order valence-corrected chi connectivity index (χ1v) is 7.19. The van der Waals surface area contributed by atoms with Crippen molar-refractivity contribution in [3.63, 3.8) is 0 Å². The summed E-state index contributed by atoms with van der Waals surface area (Å²) < 4.78 is 33.3. The number of hydrogen-bond donors (Lipinski definition) is 1. The van der Waals surface area contributed by atoms with Gasteiger partial charge in [0.25, 0.3) is 0 Å². The molecule has 0 saturated carbocycles. The van der Waals surface area contributed by atoms with Crippen LogP contribution in [0.4, 0.5) is 20.2 Å². The van der Waals surface area contributed by atoms with Crippen molar-refractivity contribution in [2.45, 2.75) is 12.3 Å². The number of hydrogen-bond acceptors (Lipinski definition) is 3. The highest BCUT2D eigenvalue weighted by atomic mass is 19.1. The summed E-state index contributed by atoms with van der Waals surface area (Å²) in [6, 6.07) is 9.19. The first kappa shape index (κ1) is 15.3. The molecule has 0 radical (unpaired) electrons. The van der Waals surface area contributed by atoms with E-state index in [2.05, 4.69) is 0 Å². The zero-order valence-corrected chi connectivity index (χ0v) is 12.6. The molecule has 1 atom stereocenters. The predicted molar refractivity (Wildman–Crippen MR) is 83.5 cm³/mol. The number of rotatable bonds is 3. The molecule has 0 spiro atoms. The van der Waals surface area contributed by atoms with E-state index in [0.29, 0.717) is 11.4 Å². The van der Waals surface area contributed by atoms with Crippen molar-refractivity contribution < 1.29 is 18.3 Å². The molecule has 23 heavy (non-hydrogen) atoms. The minimum atomic E-state index is -0.706. The maximum Gasteiger partial charge on any atom is 0.227 e. The molecule has 3 rings (SSSR count). The number of anilines is 2. The minimum Gasteiger partial charge on any atom is -0.497 e. The van der Waals surface area contributed by atoms with Crippen molar-refractivity contribution >= 4 is 17.3 Å². The molecule has 0 bridgehead atoms. The molecular weight excluding hydrogens is 302 g/mol. The normalized spacial score (nSPS) is 17.6. The summed E-state index contributed by atoms with van der Waals surface area (Å²) in [6.45, 7) is 0.188. The number of nitrogen functional groups attached to an aromatic ring is 1. The summed E-state index contributed by atoms with van der Waals surface area (Å²) in [7, 11) is 1.34. The second kappa shape index (κ2) is 5.87. The third kappa shape index (κ3) is 2.72. The first-order valence-electron chi connectivity index (χ1n) is 7.19. The maximum atomic E-state index is 14.2. The Balaban J connectivity index is 1.93. The lowest BCUT2D eigenvalue weighted by molar-refractivity contribution is -0.117. The Labute approximate surface area is 132 Å². The summed E-state index contributed by atoms with van der Waals surface area (Å²) in [5, 5.41) is 0. The highest BCUT2D eigenvalue weighted by Gasteiger charge is 2.35. The van der Waals surface area contributed by atoms with E-state index in [1.165, 1.54) is 12.0 Å². The summed E-state index contributed by atoms with van der Waals surface area (Å²) in [4.78, 5) is 13.7. The van der Waals surface area contributed by atoms with Crippen LogP contribution in [0.15, 0.2) is 36.4 Å². The quantitative estimate of drug-likeness (QED) is 0.885. The molecule has 1 saturated heterocycles. The minimum absolute atomic E-state index is 0.0362. The second-order valence-corrected chi connectivity index (χ2v) is 5.47. The molecule has 0 aromatic heterocycles. The molecule has 1 fully saturated rings. The van der Waals surface area contributed by atoms with E-state index in [4.69, 9.17) is 10.5 Å². The van der Waals surface area contributed by atoms with Crippen LogP contribution in [0, 0.1) is 11.6 Å². The van der Waals surface area contributed by atoms with Crippen LogP contribution >= 0.6 is 0 Å². The van der Waals surface area contributed by atoms with Crippen molar-refractivity contribution in [3.8, 4) is 5.75 Å². The summed E-state index contributed by atoms with van der Waals surface area (Å²) in [5.41, 5.74) is 6.82. The van der Waals surface area contributed by atoms with Gasteiger partial charge >= 0.3 is 0 Å². The van der Waals surface area contributed by atoms with Crippen molar-refractivity contribution in [3.05, 3.63) is 53.6 Å². The second-order valence-electron chi connectivity index (χ2n) is 5.47. The molecule has 2 N–H and O–H groups in total. The lowest BCUT2D eigenvalue weighted by Crippen LogP contribution is -2.25. The van der Waals surface area contributed by atoms with E-state index in [1.807, 2.05) is 0 Å². The maximum absolute atomic E-state index is 14.2. The van der Waals surface area contributed by atoms with Crippen molar-refractivity contribution in [2.24, 2.45) is 0 Å². The van der Waals surface area contributed by atoms with Gasteiger partial charge in [-0.15, -0.1) is 0 Å². The van der Waals surface area contributed by atoms with Gasteiger partial charge in [-0.2, -0.15) is 0 Å². The van der Waals surface area contributed by atoms with Crippen molar-refractivity contribution in [1.82, 2.24) is 0 Å². The summed E-state index contributed by atoms with van der Waals surface area (Å²) in [5.74, 6) is -2.07. The number of methoxy groups -OCH3 is 1. The van der Waals surface area contributed by atoms with Gasteiger partial charge in [-0.3, -0.25) is 4.79 Å². The van der Waals surface area contributed by atoms with Gasteiger partial charge in [0.15, 0.2) is 0 Å². The van der Waals surface area contributed by atoms with Crippen molar-refractivity contribution in [2.75, 3.05) is 24.3 Å². The Hall–Kier alpha value is -2.63. The molecule has 6 heteroatoms. The topological polar surface area (TPSA) is 55.6 Å². The molecule has 120 valence electrons. The van der Waals surface area contributed by atoms with E-state index in [-0.39, 0.29) is 30.2 Å². The summed E-state index contributed by atoms with van der Waals surface area (Å²) in [6.07, 6.45) is 0.0362. The molecule has 1 heterocycles. The van der Waals surface area contributed by atoms with Gasteiger partial charge in [0, 0.05) is 36.6 Å². The Bertz CT molecular complexity index is 741. The molecule has 1 aliphatic heterocycles. The molecule has 0 aliphatic carbocycles. The van der Waals surface area contributed by atoms with Gasteiger partial charge in [-0.25, -0.2) is 8.78 Å². The number of nitrogens with zero attached hydrogens (tertiary/aromatic N) is 1. The first-order chi connectivity index (χ1) is 11.0. The van der Waals surface area contributed by atoms with Crippen LogP contribution in [0.3, 0.4) is 0 Å². The number of halogens is 2. The molecule has 1 amide bonds. The molecule has 2 aromatic rings. The highest BCUT2D eigenvalue weighted by molar-refractivity contribution is 5.99. The van der Waals surface area contributed by atoms with Crippen LogP contribution in [0.5, 0.6) is 5.75 Å². The lowest BCUT2D eigenvalue weighted by atomic mass is 9.97. The van der Waals surface area contributed by atoms with Gasteiger partial charge < -0.3 is 15.4 Å². The largest absolute Gasteiger partial charge is 0.497 e. The zero-order chi connectivity index (χ0) is 16.6. The Kier molecular flexibility index (Phi) is 3.90. The molecule has 1 unspecified atom stereocenters. The Morgan fingerprint density at radius 3 is 2.48 bits per heavy atom. The fourth-order valence-corrected chi connectivity index (χ4v) is 2.94. The Morgan fingerprint density at radius 2 is 1.87 bits per heavy atom. The number of amides is 1.